The Hall–Kier alpha value is -3.28. The standard InChI is InChI=1S/C25H26N2O3/c1-18(26)25(29)30-17-22-13-12-21(19-8-4-2-5-9-19)14-23(22)15-27-16-24(28)20-10-6-3-7-11-20/h2-14,18,27H,15-17,26H2,1H3/t18-/m1/s1. The molecule has 5 heteroatoms. The topological polar surface area (TPSA) is 81.4 Å². The van der Waals surface area contributed by atoms with Crippen LogP contribution in [-0.4, -0.2) is 24.3 Å². The zero-order chi connectivity index (χ0) is 21.3. The zero-order valence-corrected chi connectivity index (χ0v) is 17.0. The van der Waals surface area contributed by atoms with Crippen LogP contribution in [0.5, 0.6) is 0 Å². The summed E-state index contributed by atoms with van der Waals surface area (Å²) in [5.41, 5.74) is 10.3. The van der Waals surface area contributed by atoms with Crippen LogP contribution >= 0.6 is 0 Å². The summed E-state index contributed by atoms with van der Waals surface area (Å²) in [6.45, 7) is 2.43. The van der Waals surface area contributed by atoms with Crippen LogP contribution in [0.25, 0.3) is 11.1 Å². The number of ketones is 1. The van der Waals surface area contributed by atoms with Crippen molar-refractivity contribution in [2.24, 2.45) is 5.73 Å². The lowest BCUT2D eigenvalue weighted by molar-refractivity contribution is -0.146. The molecular formula is C25H26N2O3. The number of carbonyl (C=O) groups is 2. The van der Waals surface area contributed by atoms with Gasteiger partial charge in [0.25, 0.3) is 0 Å². The minimum Gasteiger partial charge on any atom is -0.460 e. The van der Waals surface area contributed by atoms with E-state index in [1.807, 2.05) is 60.7 Å². The lowest BCUT2D eigenvalue weighted by Gasteiger charge is -2.14. The Morgan fingerprint density at radius 1 is 0.900 bits per heavy atom. The summed E-state index contributed by atoms with van der Waals surface area (Å²) in [5, 5.41) is 3.21. The largest absolute Gasteiger partial charge is 0.460 e. The monoisotopic (exact) mass is 402 g/mol. The third-order valence-corrected chi connectivity index (χ3v) is 4.75. The van der Waals surface area contributed by atoms with Gasteiger partial charge in [0.1, 0.15) is 12.6 Å². The molecule has 154 valence electrons. The van der Waals surface area contributed by atoms with Gasteiger partial charge >= 0.3 is 5.97 Å². The van der Waals surface area contributed by atoms with Gasteiger partial charge in [-0.3, -0.25) is 9.59 Å². The maximum Gasteiger partial charge on any atom is 0.322 e. The fourth-order valence-electron chi connectivity index (χ4n) is 3.06. The normalized spacial score (nSPS) is 11.7. The number of hydrogen-bond donors (Lipinski definition) is 2. The van der Waals surface area contributed by atoms with Crippen LogP contribution in [0, 0.1) is 0 Å². The summed E-state index contributed by atoms with van der Waals surface area (Å²) < 4.78 is 5.31. The Kier molecular flexibility index (Phi) is 7.49. The maximum atomic E-state index is 12.4. The van der Waals surface area contributed by atoms with Gasteiger partial charge in [-0.15, -0.1) is 0 Å². The average Bonchev–Trinajstić information content (AvgIpc) is 2.78. The highest BCUT2D eigenvalue weighted by atomic mass is 16.5. The van der Waals surface area contributed by atoms with Gasteiger partial charge in [0.15, 0.2) is 5.78 Å². The molecule has 5 nitrogen and oxygen atoms in total. The molecule has 0 aliphatic carbocycles. The van der Waals surface area contributed by atoms with Crippen molar-refractivity contribution in [2.75, 3.05) is 6.54 Å². The van der Waals surface area contributed by atoms with Crippen molar-refractivity contribution in [1.82, 2.24) is 5.32 Å². The molecule has 0 radical (unpaired) electrons. The van der Waals surface area contributed by atoms with Crippen molar-refractivity contribution in [3.63, 3.8) is 0 Å². The second-order valence-corrected chi connectivity index (χ2v) is 7.14. The molecule has 0 spiro atoms. The van der Waals surface area contributed by atoms with E-state index in [2.05, 4.69) is 11.4 Å². The molecule has 3 rings (SSSR count). The highest BCUT2D eigenvalue weighted by Gasteiger charge is 2.12. The molecule has 0 amide bonds. The van der Waals surface area contributed by atoms with E-state index < -0.39 is 12.0 Å². The summed E-state index contributed by atoms with van der Waals surface area (Å²) >= 11 is 0. The predicted molar refractivity (Wildman–Crippen MR) is 118 cm³/mol. The number of benzene rings is 3. The molecule has 0 fully saturated rings. The first-order valence-electron chi connectivity index (χ1n) is 9.93. The number of nitrogens with two attached hydrogens (primary N) is 1. The fraction of sp³-hybridized carbons (Fsp3) is 0.200. The molecule has 3 aromatic carbocycles. The van der Waals surface area contributed by atoms with E-state index in [-0.39, 0.29) is 18.9 Å². The molecule has 0 heterocycles. The third kappa shape index (κ3) is 5.86. The first kappa shape index (κ1) is 21.4. The van der Waals surface area contributed by atoms with Crippen LogP contribution in [0.3, 0.4) is 0 Å². The van der Waals surface area contributed by atoms with Crippen molar-refractivity contribution in [1.29, 1.82) is 0 Å². The van der Waals surface area contributed by atoms with Gasteiger partial charge in [-0.1, -0.05) is 72.8 Å². The fourth-order valence-corrected chi connectivity index (χ4v) is 3.06. The minimum atomic E-state index is -0.668. The average molecular weight is 402 g/mol. The third-order valence-electron chi connectivity index (χ3n) is 4.75. The number of Topliss-reactive ketones (excluding diaryl/α,β-unsaturated/α-hetero) is 1. The predicted octanol–water partition coefficient (Wildman–Crippen LogP) is 3.72. The van der Waals surface area contributed by atoms with Crippen LogP contribution in [0.2, 0.25) is 0 Å². The van der Waals surface area contributed by atoms with Gasteiger partial charge in [0, 0.05) is 12.1 Å². The molecule has 0 aliphatic heterocycles. The lowest BCUT2D eigenvalue weighted by atomic mass is 9.99. The quantitative estimate of drug-likeness (QED) is 0.421. The Labute approximate surface area is 176 Å². The summed E-state index contributed by atoms with van der Waals surface area (Å²) in [6, 6.07) is 24.6. The molecule has 0 unspecified atom stereocenters. The summed E-state index contributed by atoms with van der Waals surface area (Å²) in [4.78, 5) is 24.1. The van der Waals surface area contributed by atoms with Gasteiger partial charge in [0.05, 0.1) is 6.54 Å². The van der Waals surface area contributed by atoms with E-state index in [0.717, 1.165) is 22.3 Å². The molecule has 0 saturated carbocycles. The van der Waals surface area contributed by atoms with E-state index in [9.17, 15) is 9.59 Å². The first-order chi connectivity index (χ1) is 14.5. The summed E-state index contributed by atoms with van der Waals surface area (Å²) in [5.74, 6) is -0.417. The van der Waals surface area contributed by atoms with Gasteiger partial charge < -0.3 is 15.8 Å². The molecule has 1 atom stereocenters. The highest BCUT2D eigenvalue weighted by molar-refractivity contribution is 5.97. The second kappa shape index (κ2) is 10.5. The molecular weight excluding hydrogens is 376 g/mol. The van der Waals surface area contributed by atoms with Crippen molar-refractivity contribution < 1.29 is 14.3 Å². The summed E-state index contributed by atoms with van der Waals surface area (Å²) in [7, 11) is 0. The van der Waals surface area contributed by atoms with Crippen molar-refractivity contribution >= 4 is 11.8 Å². The van der Waals surface area contributed by atoms with Crippen LogP contribution in [0.4, 0.5) is 0 Å². The molecule has 0 saturated heterocycles. The van der Waals surface area contributed by atoms with E-state index in [1.165, 1.54) is 0 Å². The van der Waals surface area contributed by atoms with Crippen LogP contribution < -0.4 is 11.1 Å². The number of ether oxygens (including phenoxy) is 1. The lowest BCUT2D eigenvalue weighted by Crippen LogP contribution is -2.28. The molecule has 0 bridgehead atoms. The van der Waals surface area contributed by atoms with Gasteiger partial charge in [-0.05, 0) is 35.2 Å². The molecule has 3 N–H and O–H groups in total. The number of rotatable bonds is 9. The van der Waals surface area contributed by atoms with Gasteiger partial charge in [-0.2, -0.15) is 0 Å². The number of nitrogens with one attached hydrogen (secondary N) is 1. The Balaban J connectivity index is 1.74. The smallest absolute Gasteiger partial charge is 0.322 e. The SMILES string of the molecule is C[C@@H](N)C(=O)OCc1ccc(-c2ccccc2)cc1CNCC(=O)c1ccccc1. The van der Waals surface area contributed by atoms with Crippen molar-refractivity contribution in [3.05, 3.63) is 95.6 Å². The Morgan fingerprint density at radius 2 is 1.57 bits per heavy atom. The van der Waals surface area contributed by atoms with Crippen LogP contribution in [-0.2, 0) is 22.7 Å². The number of carbonyl (C=O) groups excluding carboxylic acids is 2. The van der Waals surface area contributed by atoms with Crippen molar-refractivity contribution in [2.45, 2.75) is 26.1 Å². The zero-order valence-electron chi connectivity index (χ0n) is 17.0. The van der Waals surface area contributed by atoms with E-state index in [1.54, 1.807) is 19.1 Å². The second-order valence-electron chi connectivity index (χ2n) is 7.14. The molecule has 3 aromatic rings. The van der Waals surface area contributed by atoms with Gasteiger partial charge in [-0.25, -0.2) is 0 Å². The molecule has 30 heavy (non-hydrogen) atoms. The van der Waals surface area contributed by atoms with E-state index in [0.29, 0.717) is 12.1 Å². The highest BCUT2D eigenvalue weighted by Crippen LogP contribution is 2.23. The minimum absolute atomic E-state index is 0.0275. The Morgan fingerprint density at radius 3 is 2.23 bits per heavy atom. The number of hydrogen-bond acceptors (Lipinski definition) is 5. The number of esters is 1. The molecule has 0 aromatic heterocycles. The van der Waals surface area contributed by atoms with Crippen LogP contribution in [0.15, 0.2) is 78.9 Å². The molecule has 0 aliphatic rings. The van der Waals surface area contributed by atoms with Gasteiger partial charge in [0.2, 0.25) is 0 Å². The van der Waals surface area contributed by atoms with Crippen molar-refractivity contribution in [3.8, 4) is 11.1 Å². The van der Waals surface area contributed by atoms with E-state index in [4.69, 9.17) is 10.5 Å². The maximum absolute atomic E-state index is 12.4. The van der Waals surface area contributed by atoms with Crippen LogP contribution in [0.1, 0.15) is 28.4 Å². The summed E-state index contributed by atoms with van der Waals surface area (Å²) in [6.07, 6.45) is 0. The first-order valence-corrected chi connectivity index (χ1v) is 9.93. The Bertz CT molecular complexity index is 986. The van der Waals surface area contributed by atoms with E-state index >= 15 is 0 Å².